The Balaban J connectivity index is 0.00000128. The summed E-state index contributed by atoms with van der Waals surface area (Å²) in [7, 11) is 0. The Morgan fingerprint density at radius 1 is 1.44 bits per heavy atom. The molecule has 0 unspecified atom stereocenters. The molecule has 1 aromatic rings. The molecule has 2 rings (SSSR count). The highest BCUT2D eigenvalue weighted by molar-refractivity contribution is 6.31. The van der Waals surface area contributed by atoms with E-state index in [4.69, 9.17) is 17.3 Å². The van der Waals surface area contributed by atoms with Crippen molar-refractivity contribution >= 4 is 24.0 Å². The van der Waals surface area contributed by atoms with Gasteiger partial charge in [-0.2, -0.15) is 0 Å². The third-order valence-electron chi connectivity index (χ3n) is 2.79. The van der Waals surface area contributed by atoms with Crippen molar-refractivity contribution in [1.82, 2.24) is 0 Å². The van der Waals surface area contributed by atoms with Crippen LogP contribution in [0.4, 0.5) is 4.39 Å². The zero-order valence-corrected chi connectivity index (χ0v) is 10.1. The summed E-state index contributed by atoms with van der Waals surface area (Å²) in [4.78, 5) is 0. The molecule has 0 saturated heterocycles. The second kappa shape index (κ2) is 5.32. The molecule has 1 fully saturated rings. The van der Waals surface area contributed by atoms with Gasteiger partial charge in [-0.1, -0.05) is 17.7 Å². The summed E-state index contributed by atoms with van der Waals surface area (Å²) in [6.45, 7) is 0. The summed E-state index contributed by atoms with van der Waals surface area (Å²) < 4.78 is 12.8. The van der Waals surface area contributed by atoms with E-state index in [9.17, 15) is 9.50 Å². The average molecular weight is 266 g/mol. The van der Waals surface area contributed by atoms with E-state index in [1.165, 1.54) is 18.2 Å². The summed E-state index contributed by atoms with van der Waals surface area (Å²) in [6, 6.07) is 3.54. The van der Waals surface area contributed by atoms with Gasteiger partial charge in [0.1, 0.15) is 5.82 Å². The molecule has 2 nitrogen and oxygen atoms in total. The zero-order chi connectivity index (χ0) is 11.0. The highest BCUT2D eigenvalue weighted by Gasteiger charge is 2.34. The highest BCUT2D eigenvalue weighted by atomic mass is 35.5. The maximum absolute atomic E-state index is 12.8. The van der Waals surface area contributed by atoms with Crippen LogP contribution in [0.2, 0.25) is 5.02 Å². The average Bonchev–Trinajstić information content (AvgIpc) is 2.99. The van der Waals surface area contributed by atoms with Crippen LogP contribution in [0.1, 0.15) is 24.4 Å². The molecule has 5 heteroatoms. The summed E-state index contributed by atoms with van der Waals surface area (Å²) in [5, 5.41) is 10.1. The predicted octanol–water partition coefficient (Wildman–Crippen LogP) is 2.67. The van der Waals surface area contributed by atoms with E-state index in [2.05, 4.69) is 0 Å². The first kappa shape index (κ1) is 13.7. The molecule has 16 heavy (non-hydrogen) atoms. The van der Waals surface area contributed by atoms with Gasteiger partial charge >= 0.3 is 0 Å². The van der Waals surface area contributed by atoms with E-state index < -0.39 is 18.0 Å². The molecule has 2 atom stereocenters. The fraction of sp³-hybridized carbons (Fsp3) is 0.455. The Kier molecular flexibility index (Phi) is 4.56. The van der Waals surface area contributed by atoms with Gasteiger partial charge in [0, 0.05) is 5.02 Å². The van der Waals surface area contributed by atoms with E-state index in [1.807, 2.05) is 0 Å². The van der Waals surface area contributed by atoms with Crippen LogP contribution in [-0.2, 0) is 0 Å². The molecule has 1 aliphatic carbocycles. The molecule has 0 aromatic heterocycles. The van der Waals surface area contributed by atoms with Gasteiger partial charge in [0.2, 0.25) is 0 Å². The molecule has 0 heterocycles. The first-order valence-electron chi connectivity index (χ1n) is 4.98. The standard InChI is InChI=1S/C11H13ClFNO.ClH/c12-9-5-7(13)3-4-8(9)10(14)11(15)6-1-2-6;/h3-6,10-11,15H,1-2,14H2;1H/t10-,11+;/m0./s1. The SMILES string of the molecule is Cl.N[C@@H](c1ccc(F)cc1Cl)[C@H](O)C1CC1. The topological polar surface area (TPSA) is 46.2 Å². The minimum absolute atomic E-state index is 0. The Morgan fingerprint density at radius 3 is 2.56 bits per heavy atom. The fourth-order valence-corrected chi connectivity index (χ4v) is 1.98. The molecule has 0 spiro atoms. The lowest BCUT2D eigenvalue weighted by molar-refractivity contribution is 0.122. The summed E-state index contributed by atoms with van der Waals surface area (Å²) in [6.07, 6.45) is 1.44. The number of benzene rings is 1. The van der Waals surface area contributed by atoms with E-state index >= 15 is 0 Å². The van der Waals surface area contributed by atoms with Crippen LogP contribution in [0.15, 0.2) is 18.2 Å². The number of halogens is 3. The predicted molar refractivity (Wildman–Crippen MR) is 64.3 cm³/mol. The van der Waals surface area contributed by atoms with Crippen LogP contribution in [0, 0.1) is 11.7 Å². The second-order valence-corrected chi connectivity index (χ2v) is 4.43. The lowest BCUT2D eigenvalue weighted by Crippen LogP contribution is -2.28. The molecule has 0 amide bonds. The fourth-order valence-electron chi connectivity index (χ4n) is 1.69. The molecule has 90 valence electrons. The van der Waals surface area contributed by atoms with E-state index in [1.54, 1.807) is 0 Å². The molecule has 0 aliphatic heterocycles. The molecule has 1 saturated carbocycles. The molecule has 0 radical (unpaired) electrons. The minimum Gasteiger partial charge on any atom is -0.391 e. The van der Waals surface area contributed by atoms with Crippen LogP contribution in [0.25, 0.3) is 0 Å². The number of hydrogen-bond donors (Lipinski definition) is 2. The van der Waals surface area contributed by atoms with Gasteiger partial charge in [-0.25, -0.2) is 4.39 Å². The third-order valence-corrected chi connectivity index (χ3v) is 3.12. The summed E-state index contributed by atoms with van der Waals surface area (Å²) in [5.74, 6) is -0.113. The largest absolute Gasteiger partial charge is 0.391 e. The molecular weight excluding hydrogens is 252 g/mol. The monoisotopic (exact) mass is 265 g/mol. The summed E-state index contributed by atoms with van der Waals surface area (Å²) >= 11 is 5.86. The lowest BCUT2D eigenvalue weighted by atomic mass is 9.99. The molecule has 1 aliphatic rings. The minimum atomic E-state index is -0.576. The third kappa shape index (κ3) is 2.86. The van der Waals surface area contributed by atoms with Crippen molar-refractivity contribution in [2.45, 2.75) is 25.0 Å². The van der Waals surface area contributed by atoms with Crippen LogP contribution in [0.5, 0.6) is 0 Å². The number of nitrogens with two attached hydrogens (primary N) is 1. The van der Waals surface area contributed by atoms with Crippen molar-refractivity contribution < 1.29 is 9.50 Å². The second-order valence-electron chi connectivity index (χ2n) is 4.02. The highest BCUT2D eigenvalue weighted by Crippen LogP contribution is 2.38. The molecule has 1 aromatic carbocycles. The van der Waals surface area contributed by atoms with Crippen LogP contribution in [-0.4, -0.2) is 11.2 Å². The first-order chi connectivity index (χ1) is 7.09. The molecule has 3 N–H and O–H groups in total. The maximum atomic E-state index is 12.8. The van der Waals surface area contributed by atoms with E-state index in [0.717, 1.165) is 12.8 Å². The van der Waals surface area contributed by atoms with Gasteiger partial charge in [-0.3, -0.25) is 0 Å². The van der Waals surface area contributed by atoms with Gasteiger partial charge in [0.25, 0.3) is 0 Å². The van der Waals surface area contributed by atoms with Crippen molar-refractivity contribution in [1.29, 1.82) is 0 Å². The lowest BCUT2D eigenvalue weighted by Gasteiger charge is -2.19. The maximum Gasteiger partial charge on any atom is 0.124 e. The van der Waals surface area contributed by atoms with Gasteiger partial charge in [-0.15, -0.1) is 12.4 Å². The Bertz CT molecular complexity index is 371. The van der Waals surface area contributed by atoms with Crippen molar-refractivity contribution in [3.8, 4) is 0 Å². The zero-order valence-electron chi connectivity index (χ0n) is 8.57. The van der Waals surface area contributed by atoms with Crippen LogP contribution < -0.4 is 5.73 Å². The Hall–Kier alpha value is -0.350. The molecule has 0 bridgehead atoms. The quantitative estimate of drug-likeness (QED) is 0.883. The number of aliphatic hydroxyl groups is 1. The van der Waals surface area contributed by atoms with Gasteiger partial charge in [0.05, 0.1) is 12.1 Å². The normalized spacial score (nSPS) is 18.8. The molecular formula is C11H14Cl2FNO. The Morgan fingerprint density at radius 2 is 2.06 bits per heavy atom. The van der Waals surface area contributed by atoms with Gasteiger partial charge in [0.15, 0.2) is 0 Å². The van der Waals surface area contributed by atoms with Crippen molar-refractivity contribution in [3.63, 3.8) is 0 Å². The van der Waals surface area contributed by atoms with Crippen molar-refractivity contribution in [2.75, 3.05) is 0 Å². The van der Waals surface area contributed by atoms with Crippen molar-refractivity contribution in [3.05, 3.63) is 34.6 Å². The number of rotatable bonds is 3. The van der Waals surface area contributed by atoms with E-state index in [-0.39, 0.29) is 23.3 Å². The van der Waals surface area contributed by atoms with Gasteiger partial charge in [-0.05, 0) is 36.5 Å². The van der Waals surface area contributed by atoms with Crippen LogP contribution >= 0.6 is 24.0 Å². The number of aliphatic hydroxyl groups excluding tert-OH is 1. The van der Waals surface area contributed by atoms with Crippen molar-refractivity contribution in [2.24, 2.45) is 11.7 Å². The van der Waals surface area contributed by atoms with Gasteiger partial charge < -0.3 is 10.8 Å². The van der Waals surface area contributed by atoms with Crippen LogP contribution in [0.3, 0.4) is 0 Å². The smallest absolute Gasteiger partial charge is 0.124 e. The number of hydrogen-bond acceptors (Lipinski definition) is 2. The Labute approximate surface area is 105 Å². The van der Waals surface area contributed by atoms with E-state index in [0.29, 0.717) is 5.56 Å². The first-order valence-corrected chi connectivity index (χ1v) is 5.36. The summed E-state index contributed by atoms with van der Waals surface area (Å²) in [5.41, 5.74) is 6.48.